The van der Waals surface area contributed by atoms with Crippen LogP contribution in [0, 0.1) is 10.1 Å². The molecule has 0 bridgehead atoms. The fourth-order valence-corrected chi connectivity index (χ4v) is 5.21. The summed E-state index contributed by atoms with van der Waals surface area (Å²) < 4.78 is 32.9. The molecule has 1 aliphatic heterocycles. The number of nitrogens with zero attached hydrogens (tertiary/aromatic N) is 3. The summed E-state index contributed by atoms with van der Waals surface area (Å²) in [6, 6.07) is 13.7. The van der Waals surface area contributed by atoms with E-state index in [-0.39, 0.29) is 23.7 Å². The van der Waals surface area contributed by atoms with Gasteiger partial charge < -0.3 is 10.1 Å². The molecule has 3 aromatic rings. The van der Waals surface area contributed by atoms with Gasteiger partial charge in [0.25, 0.3) is 5.69 Å². The lowest BCUT2D eigenvalue weighted by atomic mass is 10.1. The largest absolute Gasteiger partial charge is 0.384 e. The number of benzene rings is 2. The lowest BCUT2D eigenvalue weighted by Crippen LogP contribution is -2.40. The number of non-ortho nitro benzene ring substituents is 1. The minimum Gasteiger partial charge on any atom is -0.384 e. The first kappa shape index (κ1) is 21.2. The quantitative estimate of drug-likeness (QED) is 0.442. The highest BCUT2D eigenvalue weighted by atomic mass is 32.2. The van der Waals surface area contributed by atoms with E-state index in [0.717, 1.165) is 22.5 Å². The number of sulfonamides is 1. The van der Waals surface area contributed by atoms with Crippen molar-refractivity contribution in [3.63, 3.8) is 0 Å². The topological polar surface area (TPSA) is 115 Å². The number of rotatable bonds is 7. The minimum atomic E-state index is -3.90. The highest BCUT2D eigenvalue weighted by Gasteiger charge is 2.30. The molecule has 9 nitrogen and oxygen atoms in total. The van der Waals surface area contributed by atoms with Crippen molar-refractivity contribution < 1.29 is 18.1 Å². The van der Waals surface area contributed by atoms with E-state index in [1.807, 2.05) is 30.3 Å². The van der Waals surface area contributed by atoms with Crippen molar-refractivity contribution >= 4 is 32.3 Å². The predicted octanol–water partition coefficient (Wildman–Crippen LogP) is 2.82. The van der Waals surface area contributed by atoms with Gasteiger partial charge in [0.1, 0.15) is 4.90 Å². The Morgan fingerprint density at radius 2 is 1.90 bits per heavy atom. The summed E-state index contributed by atoms with van der Waals surface area (Å²) in [7, 11) is -3.90. The van der Waals surface area contributed by atoms with E-state index in [0.29, 0.717) is 31.9 Å². The van der Waals surface area contributed by atoms with Crippen LogP contribution in [0.5, 0.6) is 0 Å². The lowest BCUT2D eigenvalue weighted by molar-refractivity contribution is -0.385. The summed E-state index contributed by atoms with van der Waals surface area (Å²) in [5.74, 6) is 0. The highest BCUT2D eigenvalue weighted by molar-refractivity contribution is 7.89. The molecule has 0 aliphatic carbocycles. The molecule has 1 N–H and O–H groups in total. The van der Waals surface area contributed by atoms with Crippen molar-refractivity contribution in [2.24, 2.45) is 0 Å². The average molecular weight is 442 g/mol. The number of hydrogen-bond donors (Lipinski definition) is 1. The molecule has 0 saturated carbocycles. The molecule has 31 heavy (non-hydrogen) atoms. The Hall–Kier alpha value is -3.08. The molecule has 1 saturated heterocycles. The Balaban J connectivity index is 1.59. The Kier molecular flexibility index (Phi) is 6.12. The van der Waals surface area contributed by atoms with Crippen molar-refractivity contribution in [2.75, 3.05) is 38.2 Å². The molecule has 162 valence electrons. The van der Waals surface area contributed by atoms with Gasteiger partial charge in [-0.2, -0.15) is 4.31 Å². The monoisotopic (exact) mass is 442 g/mol. The predicted molar refractivity (Wildman–Crippen MR) is 117 cm³/mol. The van der Waals surface area contributed by atoms with E-state index in [4.69, 9.17) is 4.74 Å². The van der Waals surface area contributed by atoms with Crippen molar-refractivity contribution in [3.05, 3.63) is 70.4 Å². The molecular formula is C21H22N4O5S. The minimum absolute atomic E-state index is 0.0976. The van der Waals surface area contributed by atoms with Crippen molar-refractivity contribution in [1.29, 1.82) is 0 Å². The summed E-state index contributed by atoms with van der Waals surface area (Å²) in [6.07, 6.45) is 2.35. The van der Waals surface area contributed by atoms with Gasteiger partial charge >= 0.3 is 0 Å². The van der Waals surface area contributed by atoms with Crippen LogP contribution in [-0.2, 0) is 21.2 Å². The molecule has 0 spiro atoms. The SMILES string of the molecule is O=[N+]([O-])c1ccc(NCCc2cccc3cccnc23)c(S(=O)(=O)N2CCOCC2)c1. The van der Waals surface area contributed by atoms with Gasteiger partial charge in [0.2, 0.25) is 10.0 Å². The summed E-state index contributed by atoms with van der Waals surface area (Å²) in [5.41, 5.74) is 2.00. The summed E-state index contributed by atoms with van der Waals surface area (Å²) >= 11 is 0. The zero-order chi connectivity index (χ0) is 21.8. The zero-order valence-corrected chi connectivity index (χ0v) is 17.5. The fourth-order valence-electron chi connectivity index (χ4n) is 3.61. The summed E-state index contributed by atoms with van der Waals surface area (Å²) in [4.78, 5) is 15.0. The Morgan fingerprint density at radius 3 is 2.68 bits per heavy atom. The number of anilines is 1. The molecule has 0 amide bonds. The normalized spacial score (nSPS) is 15.1. The number of hydrogen-bond acceptors (Lipinski definition) is 7. The van der Waals surface area contributed by atoms with Crippen LogP contribution in [0.1, 0.15) is 5.56 Å². The molecular weight excluding hydrogens is 420 g/mol. The van der Waals surface area contributed by atoms with Crippen molar-refractivity contribution in [3.8, 4) is 0 Å². The number of aromatic nitrogens is 1. The van der Waals surface area contributed by atoms with Crippen molar-refractivity contribution in [2.45, 2.75) is 11.3 Å². The lowest BCUT2D eigenvalue weighted by Gasteiger charge is -2.27. The van der Waals surface area contributed by atoms with Crippen LogP contribution in [-0.4, -0.2) is 55.5 Å². The Morgan fingerprint density at radius 1 is 1.13 bits per heavy atom. The first-order chi connectivity index (χ1) is 15.0. The van der Waals surface area contributed by atoms with Gasteiger partial charge in [-0.15, -0.1) is 0 Å². The van der Waals surface area contributed by atoms with Crippen LogP contribution < -0.4 is 5.32 Å². The summed E-state index contributed by atoms with van der Waals surface area (Å²) in [6.45, 7) is 1.47. The Labute approximate surface area is 179 Å². The third-order valence-electron chi connectivity index (χ3n) is 5.19. The summed E-state index contributed by atoms with van der Waals surface area (Å²) in [5, 5.41) is 15.4. The van der Waals surface area contributed by atoms with Crippen molar-refractivity contribution in [1.82, 2.24) is 9.29 Å². The van der Waals surface area contributed by atoms with E-state index in [2.05, 4.69) is 10.3 Å². The van der Waals surface area contributed by atoms with Gasteiger partial charge in [0.05, 0.1) is 29.3 Å². The number of fused-ring (bicyclic) bond motifs is 1. The second kappa shape index (κ2) is 8.96. The molecule has 2 heterocycles. The van der Waals surface area contributed by atoms with E-state index < -0.39 is 14.9 Å². The first-order valence-electron chi connectivity index (χ1n) is 9.89. The molecule has 0 radical (unpaired) electrons. The standard InChI is InChI=1S/C21H22N4O5S/c26-25(27)18-6-7-19(20(15-18)31(28,29)24-11-13-30-14-12-24)22-10-8-17-4-1-3-16-5-2-9-23-21(16)17/h1-7,9,15,22H,8,10-14H2. The molecule has 2 aromatic carbocycles. The van der Waals surface area contributed by atoms with Gasteiger partial charge in [-0.1, -0.05) is 24.3 Å². The second-order valence-electron chi connectivity index (χ2n) is 7.12. The van der Waals surface area contributed by atoms with Gasteiger partial charge in [0, 0.05) is 43.4 Å². The smallest absolute Gasteiger partial charge is 0.270 e. The van der Waals surface area contributed by atoms with Gasteiger partial charge in [-0.05, 0) is 24.1 Å². The van der Waals surface area contributed by atoms with Crippen LogP contribution >= 0.6 is 0 Å². The van der Waals surface area contributed by atoms with Crippen LogP contribution in [0.4, 0.5) is 11.4 Å². The maximum absolute atomic E-state index is 13.2. The molecule has 4 rings (SSSR count). The molecule has 1 fully saturated rings. The number of morpholine rings is 1. The number of nitrogens with one attached hydrogen (secondary N) is 1. The fraction of sp³-hybridized carbons (Fsp3) is 0.286. The van der Waals surface area contributed by atoms with Crippen LogP contribution in [0.25, 0.3) is 10.9 Å². The van der Waals surface area contributed by atoms with E-state index >= 15 is 0 Å². The zero-order valence-electron chi connectivity index (χ0n) is 16.7. The van der Waals surface area contributed by atoms with Gasteiger partial charge in [-0.3, -0.25) is 15.1 Å². The number of nitro benzene ring substituents is 1. The second-order valence-corrected chi connectivity index (χ2v) is 9.03. The van der Waals surface area contributed by atoms with Gasteiger partial charge in [0.15, 0.2) is 0 Å². The first-order valence-corrected chi connectivity index (χ1v) is 11.3. The van der Waals surface area contributed by atoms with Crippen LogP contribution in [0.2, 0.25) is 0 Å². The maximum Gasteiger partial charge on any atom is 0.270 e. The average Bonchev–Trinajstić information content (AvgIpc) is 2.80. The number of pyridine rings is 1. The van der Waals surface area contributed by atoms with E-state index in [1.54, 1.807) is 6.20 Å². The Bertz CT molecular complexity index is 1200. The highest BCUT2D eigenvalue weighted by Crippen LogP contribution is 2.29. The number of para-hydroxylation sites is 1. The molecule has 10 heteroatoms. The van der Waals surface area contributed by atoms with E-state index in [1.165, 1.54) is 16.4 Å². The maximum atomic E-state index is 13.2. The van der Waals surface area contributed by atoms with Crippen LogP contribution in [0.15, 0.2) is 59.6 Å². The third kappa shape index (κ3) is 4.50. The molecule has 1 aromatic heterocycles. The molecule has 0 atom stereocenters. The molecule has 1 aliphatic rings. The molecule has 0 unspecified atom stereocenters. The van der Waals surface area contributed by atoms with E-state index in [9.17, 15) is 18.5 Å². The number of nitro groups is 1. The number of ether oxygens (including phenoxy) is 1. The van der Waals surface area contributed by atoms with Gasteiger partial charge in [-0.25, -0.2) is 8.42 Å². The third-order valence-corrected chi connectivity index (χ3v) is 7.13. The van der Waals surface area contributed by atoms with Crippen LogP contribution in [0.3, 0.4) is 0 Å².